The highest BCUT2D eigenvalue weighted by molar-refractivity contribution is 5.92. The van der Waals surface area contributed by atoms with E-state index >= 15 is 0 Å². The van der Waals surface area contributed by atoms with Gasteiger partial charge in [-0.2, -0.15) is 0 Å². The summed E-state index contributed by atoms with van der Waals surface area (Å²) < 4.78 is 0. The number of rotatable bonds is 6. The van der Waals surface area contributed by atoms with Crippen LogP contribution in [0, 0.1) is 20.8 Å². The van der Waals surface area contributed by atoms with Gasteiger partial charge >= 0.3 is 0 Å². The van der Waals surface area contributed by atoms with E-state index in [1.165, 1.54) is 12.5 Å². The molecule has 2 aromatic carbocycles. The second kappa shape index (κ2) is 8.47. The first-order valence-electron chi connectivity index (χ1n) is 8.54. The molecule has 0 aliphatic rings. The molecule has 0 aromatic heterocycles. The van der Waals surface area contributed by atoms with Gasteiger partial charge in [-0.15, -0.1) is 0 Å². The third kappa shape index (κ3) is 5.75. The van der Waals surface area contributed by atoms with Gasteiger partial charge in [0.1, 0.15) is 0 Å². The molecule has 0 unspecified atom stereocenters. The van der Waals surface area contributed by atoms with E-state index in [1.807, 2.05) is 57.2 Å². The van der Waals surface area contributed by atoms with Gasteiger partial charge in [0.25, 0.3) is 0 Å². The number of hydrogen-bond donors (Lipinski definition) is 1. The Labute approximate surface area is 149 Å². The van der Waals surface area contributed by atoms with Crippen molar-refractivity contribution in [2.75, 3.05) is 11.4 Å². The van der Waals surface area contributed by atoms with E-state index in [0.717, 1.165) is 22.4 Å². The van der Waals surface area contributed by atoms with Crippen LogP contribution in [0.2, 0.25) is 0 Å². The summed E-state index contributed by atoms with van der Waals surface area (Å²) in [5.74, 6) is -0.118. The largest absolute Gasteiger partial charge is 0.352 e. The number of nitrogens with one attached hydrogen (secondary N) is 1. The summed E-state index contributed by atoms with van der Waals surface area (Å²) in [6.07, 6.45) is 0.276. The second-order valence-corrected chi connectivity index (χ2v) is 6.53. The molecule has 0 heterocycles. The van der Waals surface area contributed by atoms with E-state index < -0.39 is 0 Å². The number of nitrogens with zero attached hydrogens (tertiary/aromatic N) is 1. The number of hydrogen-bond acceptors (Lipinski definition) is 2. The van der Waals surface area contributed by atoms with Gasteiger partial charge in [-0.1, -0.05) is 35.9 Å². The molecule has 2 aromatic rings. The van der Waals surface area contributed by atoms with Crippen molar-refractivity contribution in [3.8, 4) is 0 Å². The summed E-state index contributed by atoms with van der Waals surface area (Å²) in [4.78, 5) is 25.8. The molecule has 0 fully saturated rings. The molecule has 0 radical (unpaired) electrons. The molecular weight excluding hydrogens is 312 g/mol. The van der Waals surface area contributed by atoms with Crippen molar-refractivity contribution < 1.29 is 9.59 Å². The summed E-state index contributed by atoms with van der Waals surface area (Å²) in [7, 11) is 0. The van der Waals surface area contributed by atoms with Crippen LogP contribution in [0.25, 0.3) is 0 Å². The van der Waals surface area contributed by atoms with Gasteiger partial charge in [-0.3, -0.25) is 9.59 Å². The molecule has 1 N–H and O–H groups in total. The van der Waals surface area contributed by atoms with Crippen LogP contribution >= 0.6 is 0 Å². The Balaban J connectivity index is 1.93. The van der Waals surface area contributed by atoms with Crippen molar-refractivity contribution in [2.24, 2.45) is 0 Å². The molecule has 0 saturated carbocycles. The zero-order valence-corrected chi connectivity index (χ0v) is 15.4. The Bertz CT molecular complexity index is 731. The highest BCUT2D eigenvalue weighted by Crippen LogP contribution is 2.19. The van der Waals surface area contributed by atoms with Crippen LogP contribution < -0.4 is 10.2 Å². The Morgan fingerprint density at radius 3 is 2.08 bits per heavy atom. The Hall–Kier alpha value is -2.62. The Morgan fingerprint density at radius 2 is 1.52 bits per heavy atom. The van der Waals surface area contributed by atoms with E-state index in [-0.39, 0.29) is 18.2 Å². The van der Waals surface area contributed by atoms with E-state index in [4.69, 9.17) is 0 Å². The van der Waals surface area contributed by atoms with Crippen LogP contribution in [-0.2, 0) is 16.1 Å². The SMILES string of the molecule is CC(=O)N(CCC(=O)NCc1ccc(C)cc1)c1cc(C)cc(C)c1. The van der Waals surface area contributed by atoms with Gasteiger partial charge in [-0.25, -0.2) is 0 Å². The number of benzene rings is 2. The quantitative estimate of drug-likeness (QED) is 0.873. The average molecular weight is 338 g/mol. The van der Waals surface area contributed by atoms with Crippen molar-refractivity contribution in [1.29, 1.82) is 0 Å². The molecule has 2 amide bonds. The lowest BCUT2D eigenvalue weighted by molar-refractivity contribution is -0.121. The lowest BCUT2D eigenvalue weighted by Crippen LogP contribution is -2.33. The molecule has 132 valence electrons. The van der Waals surface area contributed by atoms with E-state index in [2.05, 4.69) is 11.4 Å². The fourth-order valence-corrected chi connectivity index (χ4v) is 2.78. The normalized spacial score (nSPS) is 10.4. The number of carbonyl (C=O) groups is 2. The fourth-order valence-electron chi connectivity index (χ4n) is 2.78. The van der Waals surface area contributed by atoms with Crippen LogP contribution in [0.15, 0.2) is 42.5 Å². The molecule has 4 nitrogen and oxygen atoms in total. The monoisotopic (exact) mass is 338 g/mol. The van der Waals surface area contributed by atoms with Crippen molar-refractivity contribution in [3.63, 3.8) is 0 Å². The van der Waals surface area contributed by atoms with Gasteiger partial charge in [-0.05, 0) is 49.6 Å². The lowest BCUT2D eigenvalue weighted by atomic mass is 10.1. The van der Waals surface area contributed by atoms with Gasteiger partial charge in [0, 0.05) is 32.1 Å². The molecule has 4 heteroatoms. The van der Waals surface area contributed by atoms with Crippen LogP contribution in [0.4, 0.5) is 5.69 Å². The number of aryl methyl sites for hydroxylation is 3. The first kappa shape index (κ1) is 18.7. The van der Waals surface area contributed by atoms with Crippen molar-refractivity contribution in [2.45, 2.75) is 40.7 Å². The summed E-state index contributed by atoms with van der Waals surface area (Å²) in [5.41, 5.74) is 5.31. The van der Waals surface area contributed by atoms with E-state index in [9.17, 15) is 9.59 Å². The van der Waals surface area contributed by atoms with Crippen LogP contribution in [0.1, 0.15) is 35.6 Å². The fraction of sp³-hybridized carbons (Fsp3) is 0.333. The van der Waals surface area contributed by atoms with Gasteiger partial charge in [0.15, 0.2) is 0 Å². The second-order valence-electron chi connectivity index (χ2n) is 6.53. The van der Waals surface area contributed by atoms with Crippen LogP contribution in [-0.4, -0.2) is 18.4 Å². The Morgan fingerprint density at radius 1 is 0.920 bits per heavy atom. The molecular formula is C21H26N2O2. The highest BCUT2D eigenvalue weighted by atomic mass is 16.2. The van der Waals surface area contributed by atoms with Crippen molar-refractivity contribution >= 4 is 17.5 Å². The average Bonchev–Trinajstić information content (AvgIpc) is 2.53. The first-order chi connectivity index (χ1) is 11.8. The highest BCUT2D eigenvalue weighted by Gasteiger charge is 2.14. The summed E-state index contributed by atoms with van der Waals surface area (Å²) in [5, 5.41) is 2.91. The maximum absolute atomic E-state index is 12.1. The van der Waals surface area contributed by atoms with Gasteiger partial charge < -0.3 is 10.2 Å². The number of amides is 2. The first-order valence-corrected chi connectivity index (χ1v) is 8.54. The van der Waals surface area contributed by atoms with Crippen molar-refractivity contribution in [3.05, 3.63) is 64.7 Å². The molecule has 0 atom stereocenters. The standard InChI is InChI=1S/C21H26N2O2/c1-15-5-7-19(8-6-15)14-22-21(25)9-10-23(18(4)24)20-12-16(2)11-17(3)13-20/h5-8,11-13H,9-10,14H2,1-4H3,(H,22,25). The predicted molar refractivity (Wildman–Crippen MR) is 102 cm³/mol. The van der Waals surface area contributed by atoms with Crippen LogP contribution in [0.3, 0.4) is 0 Å². The zero-order chi connectivity index (χ0) is 18.4. The number of carbonyl (C=O) groups excluding carboxylic acids is 2. The third-order valence-electron chi connectivity index (χ3n) is 4.07. The molecule has 0 aliphatic carbocycles. The van der Waals surface area contributed by atoms with Gasteiger partial charge in [0.2, 0.25) is 11.8 Å². The molecule has 0 aliphatic heterocycles. The Kier molecular flexibility index (Phi) is 6.34. The summed E-state index contributed by atoms with van der Waals surface area (Å²) in [6.45, 7) is 8.44. The van der Waals surface area contributed by atoms with E-state index in [1.54, 1.807) is 4.90 Å². The maximum atomic E-state index is 12.1. The van der Waals surface area contributed by atoms with Gasteiger partial charge in [0.05, 0.1) is 0 Å². The molecule has 2 rings (SSSR count). The molecule has 0 bridgehead atoms. The topological polar surface area (TPSA) is 49.4 Å². The van der Waals surface area contributed by atoms with E-state index in [0.29, 0.717) is 13.1 Å². The molecule has 0 spiro atoms. The lowest BCUT2D eigenvalue weighted by Gasteiger charge is -2.22. The molecule has 0 saturated heterocycles. The minimum Gasteiger partial charge on any atom is -0.352 e. The van der Waals surface area contributed by atoms with Crippen LogP contribution in [0.5, 0.6) is 0 Å². The predicted octanol–water partition coefficient (Wildman–Crippen LogP) is 3.67. The molecule has 25 heavy (non-hydrogen) atoms. The minimum absolute atomic E-state index is 0.0589. The smallest absolute Gasteiger partial charge is 0.223 e. The zero-order valence-electron chi connectivity index (χ0n) is 15.4. The summed E-state index contributed by atoms with van der Waals surface area (Å²) >= 11 is 0. The minimum atomic E-state index is -0.0591. The summed E-state index contributed by atoms with van der Waals surface area (Å²) in [6, 6.07) is 14.1. The third-order valence-corrected chi connectivity index (χ3v) is 4.07. The number of anilines is 1. The maximum Gasteiger partial charge on any atom is 0.223 e. The van der Waals surface area contributed by atoms with Crippen molar-refractivity contribution in [1.82, 2.24) is 5.32 Å².